The van der Waals surface area contributed by atoms with E-state index >= 15 is 0 Å². The molecule has 2 fully saturated rings. The second kappa shape index (κ2) is 8.33. The second-order valence-electron chi connectivity index (χ2n) is 7.10. The average molecular weight is 367 g/mol. The lowest BCUT2D eigenvalue weighted by Gasteiger charge is -2.30. The van der Waals surface area contributed by atoms with Crippen LogP contribution in [0.1, 0.15) is 48.9 Å². The number of hydrogen-bond acceptors (Lipinski definition) is 7. The molecule has 2 aromatic rings. The average Bonchev–Trinajstić information content (AvgIpc) is 2.75. The van der Waals surface area contributed by atoms with E-state index in [1.165, 1.54) is 12.8 Å². The van der Waals surface area contributed by atoms with Crippen LogP contribution in [0.25, 0.3) is 0 Å². The standard InChI is InChI=1S/C20H25N5O2/c26-15-16-7-9-17(10-8-16)27-20-22-18(24-11-3-1-4-12-24)21-19(23-20)25-13-5-2-6-14-25/h7-10,15H,1-6,11-14H2. The van der Waals surface area contributed by atoms with E-state index in [-0.39, 0.29) is 0 Å². The topological polar surface area (TPSA) is 71.5 Å². The molecule has 2 aliphatic rings. The Hall–Kier alpha value is -2.70. The van der Waals surface area contributed by atoms with Gasteiger partial charge in [0.1, 0.15) is 12.0 Å². The molecule has 1 aromatic carbocycles. The molecule has 0 unspecified atom stereocenters. The van der Waals surface area contributed by atoms with E-state index in [4.69, 9.17) is 9.72 Å². The Bertz CT molecular complexity index is 732. The summed E-state index contributed by atoms with van der Waals surface area (Å²) in [7, 11) is 0. The quantitative estimate of drug-likeness (QED) is 0.750. The van der Waals surface area contributed by atoms with Crippen molar-refractivity contribution in [2.75, 3.05) is 36.0 Å². The number of ether oxygens (including phenoxy) is 1. The molecule has 0 spiro atoms. The highest BCUT2D eigenvalue weighted by Gasteiger charge is 2.21. The zero-order valence-corrected chi connectivity index (χ0v) is 15.5. The minimum absolute atomic E-state index is 0.310. The number of aldehydes is 1. The highest BCUT2D eigenvalue weighted by Crippen LogP contribution is 2.26. The number of hydrogen-bond donors (Lipinski definition) is 0. The van der Waals surface area contributed by atoms with E-state index in [0.29, 0.717) is 29.2 Å². The number of aromatic nitrogens is 3. The van der Waals surface area contributed by atoms with Crippen molar-refractivity contribution in [1.29, 1.82) is 0 Å². The first-order valence-corrected chi connectivity index (χ1v) is 9.81. The van der Waals surface area contributed by atoms with Crippen LogP contribution in [-0.4, -0.2) is 47.4 Å². The van der Waals surface area contributed by atoms with Gasteiger partial charge in [0.25, 0.3) is 0 Å². The van der Waals surface area contributed by atoms with Crippen molar-refractivity contribution < 1.29 is 9.53 Å². The molecule has 0 radical (unpaired) electrons. The van der Waals surface area contributed by atoms with Crippen molar-refractivity contribution in [3.8, 4) is 11.8 Å². The number of rotatable bonds is 5. The van der Waals surface area contributed by atoms with Gasteiger partial charge in [-0.15, -0.1) is 0 Å². The maximum Gasteiger partial charge on any atom is 0.328 e. The molecule has 0 aliphatic carbocycles. The molecule has 3 heterocycles. The predicted octanol–water partition coefficient (Wildman–Crippen LogP) is 3.46. The van der Waals surface area contributed by atoms with E-state index in [2.05, 4.69) is 19.8 Å². The Morgan fingerprint density at radius 3 is 1.74 bits per heavy atom. The molecular weight excluding hydrogens is 342 g/mol. The number of benzene rings is 1. The van der Waals surface area contributed by atoms with Crippen molar-refractivity contribution in [3.05, 3.63) is 29.8 Å². The molecule has 7 heteroatoms. The van der Waals surface area contributed by atoms with Gasteiger partial charge in [-0.1, -0.05) is 0 Å². The lowest BCUT2D eigenvalue weighted by molar-refractivity contribution is 0.112. The Morgan fingerprint density at radius 2 is 1.26 bits per heavy atom. The van der Waals surface area contributed by atoms with Gasteiger partial charge in [0.2, 0.25) is 11.9 Å². The molecule has 142 valence electrons. The fourth-order valence-corrected chi connectivity index (χ4v) is 3.57. The van der Waals surface area contributed by atoms with Gasteiger partial charge in [-0.05, 0) is 62.8 Å². The third kappa shape index (κ3) is 4.35. The van der Waals surface area contributed by atoms with Gasteiger partial charge in [0.05, 0.1) is 0 Å². The molecule has 2 saturated heterocycles. The summed E-state index contributed by atoms with van der Waals surface area (Å²) in [4.78, 5) is 29.2. The van der Waals surface area contributed by atoms with Crippen LogP contribution >= 0.6 is 0 Å². The summed E-state index contributed by atoms with van der Waals surface area (Å²) in [5.74, 6) is 2.01. The number of anilines is 2. The van der Waals surface area contributed by atoms with Crippen LogP contribution in [-0.2, 0) is 0 Å². The first kappa shape index (κ1) is 17.7. The number of carbonyl (C=O) groups is 1. The van der Waals surface area contributed by atoms with Gasteiger partial charge in [0.15, 0.2) is 0 Å². The summed E-state index contributed by atoms with van der Waals surface area (Å²) in [6, 6.07) is 7.27. The van der Waals surface area contributed by atoms with Gasteiger partial charge in [-0.25, -0.2) is 0 Å². The van der Waals surface area contributed by atoms with Gasteiger partial charge in [-0.2, -0.15) is 15.0 Å². The van der Waals surface area contributed by atoms with Crippen LogP contribution in [0.15, 0.2) is 24.3 Å². The second-order valence-corrected chi connectivity index (χ2v) is 7.10. The molecule has 0 saturated carbocycles. The normalized spacial score (nSPS) is 17.6. The van der Waals surface area contributed by atoms with E-state index in [0.717, 1.165) is 58.1 Å². The lowest BCUT2D eigenvalue weighted by atomic mass is 10.1. The summed E-state index contributed by atoms with van der Waals surface area (Å²) in [5.41, 5.74) is 0.612. The SMILES string of the molecule is O=Cc1ccc(Oc2nc(N3CCCCC3)nc(N3CCCCC3)n2)cc1. The van der Waals surface area contributed by atoms with E-state index in [9.17, 15) is 4.79 Å². The van der Waals surface area contributed by atoms with Crippen LogP contribution in [0.4, 0.5) is 11.9 Å². The molecule has 1 aromatic heterocycles. The van der Waals surface area contributed by atoms with E-state index in [1.807, 2.05) is 0 Å². The first-order chi connectivity index (χ1) is 13.3. The molecule has 4 rings (SSSR count). The highest BCUT2D eigenvalue weighted by molar-refractivity contribution is 5.74. The van der Waals surface area contributed by atoms with Gasteiger partial charge < -0.3 is 14.5 Å². The summed E-state index contributed by atoms with van der Waals surface area (Å²) in [6.45, 7) is 3.88. The monoisotopic (exact) mass is 367 g/mol. The van der Waals surface area contributed by atoms with Crippen LogP contribution in [0.3, 0.4) is 0 Å². The maximum absolute atomic E-state index is 10.8. The minimum Gasteiger partial charge on any atom is -0.424 e. The molecule has 7 nitrogen and oxygen atoms in total. The minimum atomic E-state index is 0.310. The van der Waals surface area contributed by atoms with Gasteiger partial charge in [0, 0.05) is 31.7 Å². The van der Waals surface area contributed by atoms with Crippen LogP contribution in [0.5, 0.6) is 11.8 Å². The van der Waals surface area contributed by atoms with Crippen LogP contribution in [0, 0.1) is 0 Å². The number of carbonyl (C=O) groups excluding carboxylic acids is 1. The summed E-state index contributed by atoms with van der Waals surface area (Å²) >= 11 is 0. The molecule has 0 N–H and O–H groups in total. The van der Waals surface area contributed by atoms with Crippen molar-refractivity contribution >= 4 is 18.2 Å². The largest absolute Gasteiger partial charge is 0.424 e. The smallest absolute Gasteiger partial charge is 0.328 e. The first-order valence-electron chi connectivity index (χ1n) is 9.81. The van der Waals surface area contributed by atoms with Crippen LogP contribution < -0.4 is 14.5 Å². The molecule has 0 amide bonds. The summed E-state index contributed by atoms with van der Waals surface area (Å²) < 4.78 is 5.91. The Balaban J connectivity index is 1.62. The third-order valence-corrected chi connectivity index (χ3v) is 5.09. The molecule has 0 bridgehead atoms. The van der Waals surface area contributed by atoms with Crippen LogP contribution in [0.2, 0.25) is 0 Å². The van der Waals surface area contributed by atoms with Gasteiger partial charge in [-0.3, -0.25) is 4.79 Å². The van der Waals surface area contributed by atoms with E-state index in [1.54, 1.807) is 24.3 Å². The number of piperidine rings is 2. The predicted molar refractivity (Wildman–Crippen MR) is 104 cm³/mol. The van der Waals surface area contributed by atoms with Crippen molar-refractivity contribution in [3.63, 3.8) is 0 Å². The summed E-state index contributed by atoms with van der Waals surface area (Å²) in [5, 5.41) is 0. The van der Waals surface area contributed by atoms with Crippen molar-refractivity contribution in [2.45, 2.75) is 38.5 Å². The molecule has 0 atom stereocenters. The fraction of sp³-hybridized carbons (Fsp3) is 0.500. The summed E-state index contributed by atoms with van der Waals surface area (Å²) in [6.07, 6.45) is 7.97. The maximum atomic E-state index is 10.8. The fourth-order valence-electron chi connectivity index (χ4n) is 3.57. The third-order valence-electron chi connectivity index (χ3n) is 5.09. The lowest BCUT2D eigenvalue weighted by Crippen LogP contribution is -2.34. The molecular formula is C20H25N5O2. The Labute approximate surface area is 159 Å². The zero-order chi connectivity index (χ0) is 18.5. The zero-order valence-electron chi connectivity index (χ0n) is 15.5. The highest BCUT2D eigenvalue weighted by atomic mass is 16.5. The van der Waals surface area contributed by atoms with Crippen molar-refractivity contribution in [1.82, 2.24) is 15.0 Å². The Morgan fingerprint density at radius 1 is 0.741 bits per heavy atom. The van der Waals surface area contributed by atoms with Crippen molar-refractivity contribution in [2.24, 2.45) is 0 Å². The molecule has 27 heavy (non-hydrogen) atoms. The van der Waals surface area contributed by atoms with E-state index < -0.39 is 0 Å². The molecule has 2 aliphatic heterocycles. The van der Waals surface area contributed by atoms with Gasteiger partial charge >= 0.3 is 6.01 Å². The number of nitrogens with zero attached hydrogens (tertiary/aromatic N) is 5. The Kier molecular flexibility index (Phi) is 5.46.